The molecule has 0 aliphatic heterocycles. The normalized spacial score (nSPS) is 28.9. The molecule has 2 atom stereocenters. The molecule has 1 aromatic heterocycles. The smallest absolute Gasteiger partial charge is 0.330 e. The minimum Gasteiger partial charge on any atom is -0.330 e. The maximum atomic E-state index is 12.6. The zero-order valence-corrected chi connectivity index (χ0v) is 8.97. The van der Waals surface area contributed by atoms with Crippen LogP contribution in [-0.4, -0.2) is 10.7 Å². The van der Waals surface area contributed by atoms with E-state index in [9.17, 15) is 13.2 Å². The largest absolute Gasteiger partial charge is 0.395 e. The predicted octanol–water partition coefficient (Wildman–Crippen LogP) is 2.91. The number of nitriles is 1. The van der Waals surface area contributed by atoms with Crippen LogP contribution in [0.2, 0.25) is 0 Å². The van der Waals surface area contributed by atoms with Crippen LogP contribution in [0.4, 0.5) is 13.2 Å². The fourth-order valence-corrected chi connectivity index (χ4v) is 2.36. The van der Waals surface area contributed by atoms with E-state index in [1.54, 1.807) is 26.0 Å². The van der Waals surface area contributed by atoms with Crippen LogP contribution in [0.25, 0.3) is 0 Å². The molecule has 86 valence electrons. The summed E-state index contributed by atoms with van der Waals surface area (Å²) in [4.78, 5) is 0. The average molecular weight is 228 g/mol. The van der Waals surface area contributed by atoms with Crippen molar-refractivity contribution in [1.29, 1.82) is 5.26 Å². The molecule has 1 fully saturated rings. The van der Waals surface area contributed by atoms with Crippen LogP contribution in [0.3, 0.4) is 0 Å². The molecule has 0 radical (unpaired) electrons. The van der Waals surface area contributed by atoms with Gasteiger partial charge in [-0.15, -0.1) is 0 Å². The third-order valence-electron chi connectivity index (χ3n) is 3.19. The molecule has 1 aromatic rings. The highest BCUT2D eigenvalue weighted by Crippen LogP contribution is 2.58. The Hall–Kier alpha value is -1.44. The molecule has 1 aliphatic carbocycles. The highest BCUT2D eigenvalue weighted by molar-refractivity contribution is 5.30. The number of hydrogen-bond acceptors (Lipinski definition) is 1. The van der Waals surface area contributed by atoms with Crippen molar-refractivity contribution in [3.8, 4) is 6.07 Å². The maximum Gasteiger partial charge on any atom is 0.395 e. The van der Waals surface area contributed by atoms with Crippen molar-refractivity contribution in [3.05, 3.63) is 23.5 Å². The van der Waals surface area contributed by atoms with Crippen molar-refractivity contribution in [1.82, 2.24) is 4.57 Å². The number of hydrogen-bond donors (Lipinski definition) is 0. The van der Waals surface area contributed by atoms with E-state index in [0.717, 1.165) is 0 Å². The summed E-state index contributed by atoms with van der Waals surface area (Å²) in [6, 6.07) is 5.31. The summed E-state index contributed by atoms with van der Waals surface area (Å²) in [5.41, 5.74) is -0.00720. The van der Waals surface area contributed by atoms with E-state index in [1.165, 1.54) is 4.57 Å². The van der Waals surface area contributed by atoms with E-state index in [-0.39, 0.29) is 6.42 Å². The zero-order chi connectivity index (χ0) is 12.1. The van der Waals surface area contributed by atoms with Crippen LogP contribution in [-0.2, 0) is 5.54 Å². The van der Waals surface area contributed by atoms with Crippen molar-refractivity contribution >= 4 is 0 Å². The van der Waals surface area contributed by atoms with E-state index < -0.39 is 17.6 Å². The topological polar surface area (TPSA) is 28.7 Å². The Bertz CT molecular complexity index is 447. The number of nitrogens with zero attached hydrogens (tertiary/aromatic N) is 2. The van der Waals surface area contributed by atoms with Crippen LogP contribution >= 0.6 is 0 Å². The fourth-order valence-electron chi connectivity index (χ4n) is 2.36. The van der Waals surface area contributed by atoms with E-state index >= 15 is 0 Å². The van der Waals surface area contributed by atoms with Crippen molar-refractivity contribution < 1.29 is 13.2 Å². The first kappa shape index (κ1) is 11.1. The van der Waals surface area contributed by atoms with Crippen LogP contribution in [0.5, 0.6) is 0 Å². The van der Waals surface area contributed by atoms with Gasteiger partial charge < -0.3 is 4.57 Å². The Kier molecular flexibility index (Phi) is 2.10. The Morgan fingerprint density at radius 3 is 2.19 bits per heavy atom. The third-order valence-corrected chi connectivity index (χ3v) is 3.19. The van der Waals surface area contributed by atoms with Gasteiger partial charge in [0.15, 0.2) is 0 Å². The summed E-state index contributed by atoms with van der Waals surface area (Å²) >= 11 is 0. The summed E-state index contributed by atoms with van der Waals surface area (Å²) in [5, 5.41) is 9.04. The van der Waals surface area contributed by atoms with Crippen molar-refractivity contribution in [2.75, 3.05) is 0 Å². The molecule has 1 heterocycles. The molecule has 2 rings (SSSR count). The van der Waals surface area contributed by atoms with Crippen molar-refractivity contribution in [2.45, 2.75) is 32.0 Å². The summed E-state index contributed by atoms with van der Waals surface area (Å²) in [7, 11) is 0. The minimum atomic E-state index is -4.29. The van der Waals surface area contributed by atoms with Gasteiger partial charge in [0, 0.05) is 11.4 Å². The first-order valence-electron chi connectivity index (χ1n) is 4.96. The summed E-state index contributed by atoms with van der Waals surface area (Å²) in [6.07, 6.45) is -4.43. The molecule has 16 heavy (non-hydrogen) atoms. The van der Waals surface area contributed by atoms with Gasteiger partial charge in [-0.05, 0) is 32.4 Å². The standard InChI is InChI=1S/C11H11F3N2/c1-7-3-4-8(2)16(7)10(6-15)5-9(10)11(12,13)14/h3-4,9H,5H2,1-2H3/t9-,10+/m0/s1. The Balaban J connectivity index is 2.46. The van der Waals surface area contributed by atoms with Gasteiger partial charge in [-0.3, -0.25) is 0 Å². The molecule has 0 unspecified atom stereocenters. The van der Waals surface area contributed by atoms with Gasteiger partial charge in [0.05, 0.1) is 12.0 Å². The first-order valence-corrected chi connectivity index (χ1v) is 4.96. The lowest BCUT2D eigenvalue weighted by molar-refractivity contribution is -0.153. The van der Waals surface area contributed by atoms with Gasteiger partial charge in [-0.25, -0.2) is 0 Å². The van der Waals surface area contributed by atoms with Gasteiger partial charge in [0.2, 0.25) is 0 Å². The second-order valence-corrected chi connectivity index (χ2v) is 4.29. The molecule has 0 aromatic carbocycles. The molecular formula is C11H11F3N2. The lowest BCUT2D eigenvalue weighted by atomic mass is 10.2. The van der Waals surface area contributed by atoms with E-state index in [2.05, 4.69) is 0 Å². The minimum absolute atomic E-state index is 0.136. The SMILES string of the molecule is Cc1ccc(C)n1[C@@]1(C#N)C[C@@H]1C(F)(F)F. The molecule has 0 spiro atoms. The van der Waals surface area contributed by atoms with Crippen LogP contribution in [0.1, 0.15) is 17.8 Å². The molecule has 0 amide bonds. The number of aromatic nitrogens is 1. The number of halogens is 3. The molecule has 0 saturated heterocycles. The van der Waals surface area contributed by atoms with Crippen molar-refractivity contribution in [2.24, 2.45) is 5.92 Å². The molecular weight excluding hydrogens is 217 g/mol. The number of rotatable bonds is 1. The van der Waals surface area contributed by atoms with E-state index in [4.69, 9.17) is 5.26 Å². The maximum absolute atomic E-state index is 12.6. The fraction of sp³-hybridized carbons (Fsp3) is 0.545. The number of aryl methyl sites for hydroxylation is 2. The Morgan fingerprint density at radius 2 is 1.88 bits per heavy atom. The second kappa shape index (κ2) is 3.03. The van der Waals surface area contributed by atoms with Gasteiger partial charge in [0.1, 0.15) is 5.54 Å². The second-order valence-electron chi connectivity index (χ2n) is 4.29. The lowest BCUT2D eigenvalue weighted by Gasteiger charge is -2.17. The third kappa shape index (κ3) is 1.33. The monoisotopic (exact) mass is 228 g/mol. The molecule has 5 heteroatoms. The highest BCUT2D eigenvalue weighted by atomic mass is 19.4. The lowest BCUT2D eigenvalue weighted by Crippen LogP contribution is -2.26. The van der Waals surface area contributed by atoms with Gasteiger partial charge in [0.25, 0.3) is 0 Å². The summed E-state index contributed by atoms with van der Waals surface area (Å²) in [6.45, 7) is 3.44. The highest BCUT2D eigenvalue weighted by Gasteiger charge is 2.69. The van der Waals surface area contributed by atoms with Crippen molar-refractivity contribution in [3.63, 3.8) is 0 Å². The van der Waals surface area contributed by atoms with Crippen LogP contribution in [0.15, 0.2) is 12.1 Å². The van der Waals surface area contributed by atoms with Gasteiger partial charge >= 0.3 is 6.18 Å². The summed E-state index contributed by atoms with van der Waals surface area (Å²) in [5.74, 6) is -1.53. The predicted molar refractivity (Wildman–Crippen MR) is 51.7 cm³/mol. The molecule has 2 nitrogen and oxygen atoms in total. The molecule has 0 bridgehead atoms. The Labute approximate surface area is 91.3 Å². The quantitative estimate of drug-likeness (QED) is 0.726. The Morgan fingerprint density at radius 1 is 1.38 bits per heavy atom. The molecule has 0 N–H and O–H groups in total. The number of alkyl halides is 3. The first-order chi connectivity index (χ1) is 7.33. The molecule has 1 aliphatic rings. The van der Waals surface area contributed by atoms with Crippen LogP contribution < -0.4 is 0 Å². The zero-order valence-electron chi connectivity index (χ0n) is 8.97. The van der Waals surface area contributed by atoms with E-state index in [0.29, 0.717) is 11.4 Å². The average Bonchev–Trinajstić information content (AvgIpc) is 2.83. The van der Waals surface area contributed by atoms with Gasteiger partial charge in [-0.2, -0.15) is 18.4 Å². The summed E-state index contributed by atoms with van der Waals surface area (Å²) < 4.78 is 39.3. The van der Waals surface area contributed by atoms with Gasteiger partial charge in [-0.1, -0.05) is 0 Å². The molecule has 1 saturated carbocycles. The van der Waals surface area contributed by atoms with E-state index in [1.807, 2.05) is 6.07 Å². The van der Waals surface area contributed by atoms with Crippen LogP contribution in [0, 0.1) is 31.1 Å².